The molecule has 23 heavy (non-hydrogen) atoms. The molecule has 124 valence electrons. The molecule has 0 aromatic heterocycles. The molecule has 0 atom stereocenters. The largest absolute Gasteiger partial charge is 0.494 e. The summed E-state index contributed by atoms with van der Waals surface area (Å²) < 4.78 is 10.7. The number of nitriles is 1. The first kappa shape index (κ1) is 18.3. The van der Waals surface area contributed by atoms with Crippen LogP contribution in [0.3, 0.4) is 0 Å². The van der Waals surface area contributed by atoms with Crippen LogP contribution in [0.2, 0.25) is 0 Å². The van der Waals surface area contributed by atoms with Gasteiger partial charge in [-0.05, 0) is 37.6 Å². The predicted molar refractivity (Wildman–Crippen MR) is 84.0 cm³/mol. The molecule has 0 spiro atoms. The van der Waals surface area contributed by atoms with Gasteiger partial charge in [-0.2, -0.15) is 5.26 Å². The molecule has 7 nitrogen and oxygen atoms in total. The fourth-order valence-corrected chi connectivity index (χ4v) is 1.68. The number of nitrogens with zero attached hydrogens (tertiary/aromatic N) is 1. The van der Waals surface area contributed by atoms with Gasteiger partial charge in [0.2, 0.25) is 5.91 Å². The number of amides is 2. The molecule has 0 aliphatic rings. The maximum atomic E-state index is 11.6. The van der Waals surface area contributed by atoms with E-state index in [1.807, 2.05) is 6.92 Å². The predicted octanol–water partition coefficient (Wildman–Crippen LogP) is 1.00. The zero-order valence-corrected chi connectivity index (χ0v) is 13.1. The van der Waals surface area contributed by atoms with E-state index < -0.39 is 0 Å². The Bertz CT molecular complexity index is 537. The molecule has 0 heterocycles. The molecule has 1 rings (SSSR count). The van der Waals surface area contributed by atoms with Gasteiger partial charge in [-0.3, -0.25) is 9.59 Å². The number of nitrogens with one attached hydrogen (secondary N) is 2. The fraction of sp³-hybridized carbons (Fsp3) is 0.438. The summed E-state index contributed by atoms with van der Waals surface area (Å²) in [5.74, 6) is 0.801. The van der Waals surface area contributed by atoms with Gasteiger partial charge in [0.25, 0.3) is 5.91 Å². The normalized spacial score (nSPS) is 9.57. The highest BCUT2D eigenvalue weighted by atomic mass is 16.5. The summed E-state index contributed by atoms with van der Waals surface area (Å²) >= 11 is 0. The van der Waals surface area contributed by atoms with Crippen molar-refractivity contribution in [3.8, 4) is 17.6 Å². The second kappa shape index (κ2) is 10.9. The first-order chi connectivity index (χ1) is 11.2. The zero-order chi connectivity index (χ0) is 16.9. The minimum absolute atomic E-state index is 0.0746. The average Bonchev–Trinajstić information content (AvgIpc) is 2.54. The molecule has 2 N–H and O–H groups in total. The maximum Gasteiger partial charge on any atom is 0.257 e. The fourth-order valence-electron chi connectivity index (χ4n) is 1.68. The van der Waals surface area contributed by atoms with Crippen LogP contribution in [0, 0.1) is 11.3 Å². The van der Waals surface area contributed by atoms with Crippen molar-refractivity contribution in [2.24, 2.45) is 0 Å². The molecule has 1 aromatic carbocycles. The van der Waals surface area contributed by atoms with Crippen LogP contribution in [0.5, 0.6) is 11.5 Å². The molecule has 0 radical (unpaired) electrons. The number of carbonyl (C=O) groups is 2. The van der Waals surface area contributed by atoms with Crippen molar-refractivity contribution < 1.29 is 19.1 Å². The van der Waals surface area contributed by atoms with E-state index in [0.29, 0.717) is 31.9 Å². The Kier molecular flexibility index (Phi) is 8.67. The molecule has 0 fully saturated rings. The summed E-state index contributed by atoms with van der Waals surface area (Å²) in [6, 6.07) is 8.80. The Morgan fingerprint density at radius 2 is 1.61 bits per heavy atom. The molecule has 0 aliphatic heterocycles. The van der Waals surface area contributed by atoms with Gasteiger partial charge in [0.05, 0.1) is 12.7 Å². The van der Waals surface area contributed by atoms with Crippen LogP contribution < -0.4 is 20.1 Å². The Morgan fingerprint density at radius 3 is 2.17 bits per heavy atom. The van der Waals surface area contributed by atoms with Gasteiger partial charge in [0, 0.05) is 13.1 Å². The molecule has 0 saturated carbocycles. The molecule has 0 saturated heterocycles. The summed E-state index contributed by atoms with van der Waals surface area (Å²) in [5, 5.41) is 13.6. The quantitative estimate of drug-likeness (QED) is 0.627. The van der Waals surface area contributed by atoms with Crippen LogP contribution in [0.25, 0.3) is 0 Å². The van der Waals surface area contributed by atoms with Gasteiger partial charge in [0.1, 0.15) is 17.9 Å². The number of hydrogen-bond acceptors (Lipinski definition) is 5. The van der Waals surface area contributed by atoms with Crippen molar-refractivity contribution in [3.63, 3.8) is 0 Å². The maximum absolute atomic E-state index is 11.6. The molecular formula is C16H21N3O4. The average molecular weight is 319 g/mol. The van der Waals surface area contributed by atoms with Gasteiger partial charge in [0.15, 0.2) is 6.61 Å². The number of hydrogen-bond donors (Lipinski definition) is 2. The van der Waals surface area contributed by atoms with Gasteiger partial charge < -0.3 is 20.1 Å². The van der Waals surface area contributed by atoms with Crippen molar-refractivity contribution in [1.29, 1.82) is 5.26 Å². The smallest absolute Gasteiger partial charge is 0.257 e. The SMILES string of the molecule is CCOc1ccc(OCC(=O)NCCCNC(=O)CC#N)cc1. The Balaban J connectivity index is 2.12. The van der Waals surface area contributed by atoms with Crippen LogP contribution in [-0.4, -0.2) is 38.1 Å². The third-order valence-electron chi connectivity index (χ3n) is 2.74. The van der Waals surface area contributed by atoms with E-state index in [9.17, 15) is 9.59 Å². The second-order valence-corrected chi connectivity index (χ2v) is 4.58. The molecule has 1 aromatic rings. The molecule has 0 bridgehead atoms. The number of carbonyl (C=O) groups excluding carboxylic acids is 2. The van der Waals surface area contributed by atoms with Crippen LogP contribution in [0.4, 0.5) is 0 Å². The minimum atomic E-state index is -0.308. The lowest BCUT2D eigenvalue weighted by atomic mass is 10.3. The molecule has 0 unspecified atom stereocenters. The van der Waals surface area contributed by atoms with E-state index in [0.717, 1.165) is 5.75 Å². The van der Waals surface area contributed by atoms with Crippen molar-refractivity contribution in [2.45, 2.75) is 19.8 Å². The molecule has 0 aliphatic carbocycles. The van der Waals surface area contributed by atoms with Gasteiger partial charge in [-0.15, -0.1) is 0 Å². The highest BCUT2D eigenvalue weighted by molar-refractivity contribution is 5.78. The third kappa shape index (κ3) is 8.31. The second-order valence-electron chi connectivity index (χ2n) is 4.58. The van der Waals surface area contributed by atoms with Crippen LogP contribution in [0.1, 0.15) is 19.8 Å². The van der Waals surface area contributed by atoms with Gasteiger partial charge >= 0.3 is 0 Å². The van der Waals surface area contributed by atoms with E-state index >= 15 is 0 Å². The summed E-state index contributed by atoms with van der Waals surface area (Å²) in [5.41, 5.74) is 0. The summed E-state index contributed by atoms with van der Waals surface area (Å²) in [6.07, 6.45) is 0.439. The number of ether oxygens (including phenoxy) is 2. The summed E-state index contributed by atoms with van der Waals surface area (Å²) in [6.45, 7) is 3.27. The monoisotopic (exact) mass is 319 g/mol. The van der Waals surface area contributed by atoms with Crippen molar-refractivity contribution >= 4 is 11.8 Å². The minimum Gasteiger partial charge on any atom is -0.494 e. The third-order valence-corrected chi connectivity index (χ3v) is 2.74. The summed E-state index contributed by atoms with van der Waals surface area (Å²) in [7, 11) is 0. The van der Waals surface area contributed by atoms with Gasteiger partial charge in [-0.25, -0.2) is 0 Å². The molecule has 7 heteroatoms. The highest BCUT2D eigenvalue weighted by Crippen LogP contribution is 2.17. The van der Waals surface area contributed by atoms with E-state index in [4.69, 9.17) is 14.7 Å². The Morgan fingerprint density at radius 1 is 1.04 bits per heavy atom. The number of benzene rings is 1. The molecular weight excluding hydrogens is 298 g/mol. The standard InChI is InChI=1S/C16H21N3O4/c1-2-22-13-4-6-14(7-5-13)23-12-16(21)19-11-3-10-18-15(20)8-9-17/h4-7H,2-3,8,10-12H2,1H3,(H,18,20)(H,19,21). The van der Waals surface area contributed by atoms with Crippen molar-refractivity contribution in [2.75, 3.05) is 26.3 Å². The van der Waals surface area contributed by atoms with Gasteiger partial charge in [-0.1, -0.05) is 0 Å². The first-order valence-electron chi connectivity index (χ1n) is 7.41. The van der Waals surface area contributed by atoms with Crippen LogP contribution in [-0.2, 0) is 9.59 Å². The molecule has 2 amide bonds. The van der Waals surface area contributed by atoms with Crippen LogP contribution >= 0.6 is 0 Å². The van der Waals surface area contributed by atoms with Crippen molar-refractivity contribution in [3.05, 3.63) is 24.3 Å². The topological polar surface area (TPSA) is 100 Å². The Hall–Kier alpha value is -2.75. The van der Waals surface area contributed by atoms with E-state index in [-0.39, 0.29) is 24.8 Å². The van der Waals surface area contributed by atoms with Crippen LogP contribution in [0.15, 0.2) is 24.3 Å². The lowest BCUT2D eigenvalue weighted by Crippen LogP contribution is -2.32. The van der Waals surface area contributed by atoms with E-state index in [1.165, 1.54) is 0 Å². The summed E-state index contributed by atoms with van der Waals surface area (Å²) in [4.78, 5) is 22.6. The van der Waals surface area contributed by atoms with E-state index in [1.54, 1.807) is 30.3 Å². The zero-order valence-electron chi connectivity index (χ0n) is 13.1. The number of rotatable bonds is 10. The van der Waals surface area contributed by atoms with E-state index in [2.05, 4.69) is 10.6 Å². The lowest BCUT2D eigenvalue weighted by molar-refractivity contribution is -0.123. The van der Waals surface area contributed by atoms with Crippen molar-refractivity contribution in [1.82, 2.24) is 10.6 Å². The highest BCUT2D eigenvalue weighted by Gasteiger charge is 2.03. The first-order valence-corrected chi connectivity index (χ1v) is 7.41. The lowest BCUT2D eigenvalue weighted by Gasteiger charge is -2.08. The Labute approximate surface area is 135 Å².